The summed E-state index contributed by atoms with van der Waals surface area (Å²) in [5.74, 6) is 1.26. The molecule has 1 saturated heterocycles. The highest BCUT2D eigenvalue weighted by Crippen LogP contribution is 2.36. The van der Waals surface area contributed by atoms with Crippen LogP contribution in [0.2, 0.25) is 5.15 Å². The van der Waals surface area contributed by atoms with Gasteiger partial charge < -0.3 is 24.4 Å². The maximum atomic E-state index is 13.7. The van der Waals surface area contributed by atoms with Crippen LogP contribution < -0.4 is 19.5 Å². The summed E-state index contributed by atoms with van der Waals surface area (Å²) in [4.78, 5) is 36.7. The number of benzene rings is 1. The first-order valence-electron chi connectivity index (χ1n) is 19.9. The number of rotatable bonds is 16. The number of nitrogens with zero attached hydrogens (tertiary/aromatic N) is 5. The molecule has 58 heavy (non-hydrogen) atoms. The minimum atomic E-state index is -4.51. The fourth-order valence-corrected chi connectivity index (χ4v) is 8.64. The van der Waals surface area contributed by atoms with Gasteiger partial charge in [0.2, 0.25) is 5.88 Å². The van der Waals surface area contributed by atoms with Gasteiger partial charge in [-0.15, -0.1) is 5.10 Å². The molecule has 312 valence electrons. The number of pyridine rings is 2. The van der Waals surface area contributed by atoms with Crippen molar-refractivity contribution in [1.82, 2.24) is 29.4 Å². The molecular weight excluding hydrogens is 782 g/mol. The number of amides is 2. The van der Waals surface area contributed by atoms with Crippen molar-refractivity contribution in [2.75, 3.05) is 25.0 Å². The molecule has 0 unspecified atom stereocenters. The van der Waals surface area contributed by atoms with E-state index in [0.717, 1.165) is 31.2 Å². The number of carbonyl (C=O) groups excluding carboxylic acids is 2. The van der Waals surface area contributed by atoms with Crippen molar-refractivity contribution in [2.24, 2.45) is 11.8 Å². The van der Waals surface area contributed by atoms with Crippen LogP contribution in [-0.2, 0) is 21.4 Å². The maximum Gasteiger partial charge on any atom is 0.410 e. The Morgan fingerprint density at radius 3 is 2.45 bits per heavy atom. The summed E-state index contributed by atoms with van der Waals surface area (Å²) >= 11 is 6.43. The summed E-state index contributed by atoms with van der Waals surface area (Å²) in [5.41, 5.74) is -0.184. The van der Waals surface area contributed by atoms with Crippen LogP contribution in [0.3, 0.4) is 0 Å². The topological polar surface area (TPSA) is 167 Å². The fraction of sp³-hybridized carbons (Fsp3) is 0.500. The zero-order valence-electron chi connectivity index (χ0n) is 33.9. The van der Waals surface area contributed by atoms with Gasteiger partial charge in [0.15, 0.2) is 10.8 Å². The van der Waals surface area contributed by atoms with Gasteiger partial charge in [-0.1, -0.05) is 67.6 Å². The molecule has 0 bridgehead atoms. The molecule has 0 radical (unpaired) electrons. The molecule has 14 nitrogen and oxygen atoms in total. The standard InChI is InChI=1S/C42H54ClN7O7S/c1-41(2,3)57-40(52)49-27-31(26-42(49,4)5)16-11-21-44-34-24-32(56-28-30-14-7-6-8-15-30)25-37(45-34)58(53,54)48-39(51)33-17-18-35(46-38(33)43)50-22-19-36(47-50)55-23-20-29-12-9-10-13-29/h6-8,14-15,17-19,22,24-25,29,31H,9-13,16,20-21,23,26-28H2,1-5H3,(H,44,45)(H,48,51)/t31-/m0/s1. The zero-order valence-corrected chi connectivity index (χ0v) is 35.4. The second kappa shape index (κ2) is 18.4. The number of carbonyl (C=O) groups is 2. The maximum absolute atomic E-state index is 13.7. The summed E-state index contributed by atoms with van der Waals surface area (Å²) < 4.78 is 48.4. The van der Waals surface area contributed by atoms with E-state index in [4.69, 9.17) is 25.8 Å². The number of hydrogen-bond acceptors (Lipinski definition) is 11. The number of ether oxygens (including phenoxy) is 3. The van der Waals surface area contributed by atoms with Crippen molar-refractivity contribution in [3.8, 4) is 17.4 Å². The van der Waals surface area contributed by atoms with Crippen molar-refractivity contribution >= 4 is 39.4 Å². The Hall–Kier alpha value is -4.89. The van der Waals surface area contributed by atoms with E-state index in [9.17, 15) is 18.0 Å². The van der Waals surface area contributed by atoms with Crippen LogP contribution >= 0.6 is 11.6 Å². The van der Waals surface area contributed by atoms with E-state index in [-0.39, 0.29) is 46.4 Å². The lowest BCUT2D eigenvalue weighted by Gasteiger charge is -2.33. The second-order valence-electron chi connectivity index (χ2n) is 16.7. The highest BCUT2D eigenvalue weighted by atomic mass is 35.5. The molecule has 6 rings (SSSR count). The molecule has 1 atom stereocenters. The van der Waals surface area contributed by atoms with Crippen LogP contribution in [0.1, 0.15) is 102 Å². The molecule has 3 aromatic heterocycles. The average Bonchev–Trinajstić information content (AvgIpc) is 3.93. The van der Waals surface area contributed by atoms with E-state index in [1.807, 2.05) is 65.0 Å². The van der Waals surface area contributed by atoms with Crippen molar-refractivity contribution in [2.45, 2.75) is 109 Å². The fourth-order valence-electron chi connectivity index (χ4n) is 7.45. The predicted molar refractivity (Wildman–Crippen MR) is 221 cm³/mol. The van der Waals surface area contributed by atoms with Gasteiger partial charge in [0.1, 0.15) is 28.9 Å². The molecule has 0 spiro atoms. The Balaban J connectivity index is 1.09. The van der Waals surface area contributed by atoms with Crippen LogP contribution in [0.25, 0.3) is 5.82 Å². The predicted octanol–water partition coefficient (Wildman–Crippen LogP) is 8.20. The van der Waals surface area contributed by atoms with E-state index >= 15 is 0 Å². The van der Waals surface area contributed by atoms with E-state index < -0.39 is 26.6 Å². The minimum absolute atomic E-state index is 0.149. The Kier molecular flexibility index (Phi) is 13.5. The smallest absolute Gasteiger partial charge is 0.410 e. The molecule has 1 aliphatic heterocycles. The van der Waals surface area contributed by atoms with Crippen LogP contribution in [-0.4, -0.2) is 75.9 Å². The molecule has 2 aliphatic rings. The van der Waals surface area contributed by atoms with E-state index in [1.165, 1.54) is 48.6 Å². The summed E-state index contributed by atoms with van der Waals surface area (Å²) in [6, 6.07) is 17.0. The largest absolute Gasteiger partial charge is 0.489 e. The van der Waals surface area contributed by atoms with Crippen molar-refractivity contribution in [1.29, 1.82) is 0 Å². The molecule has 2 amide bonds. The first-order chi connectivity index (χ1) is 27.5. The molecule has 2 fully saturated rings. The molecule has 1 aromatic carbocycles. The Bertz CT molecular complexity index is 2150. The van der Waals surface area contributed by atoms with Gasteiger partial charge in [0.05, 0.1) is 12.2 Å². The highest BCUT2D eigenvalue weighted by Gasteiger charge is 2.42. The lowest BCUT2D eigenvalue weighted by molar-refractivity contribution is 0.0130. The summed E-state index contributed by atoms with van der Waals surface area (Å²) in [5, 5.41) is 7.01. The quantitative estimate of drug-likeness (QED) is 0.0825. The van der Waals surface area contributed by atoms with Gasteiger partial charge >= 0.3 is 6.09 Å². The Labute approximate surface area is 346 Å². The molecule has 4 aromatic rings. The van der Waals surface area contributed by atoms with E-state index in [0.29, 0.717) is 37.3 Å². The number of anilines is 1. The first kappa shape index (κ1) is 42.7. The average molecular weight is 836 g/mol. The van der Waals surface area contributed by atoms with Gasteiger partial charge in [-0.3, -0.25) is 4.79 Å². The summed E-state index contributed by atoms with van der Waals surface area (Å²) in [6.07, 6.45) is 9.77. The molecule has 1 aliphatic carbocycles. The van der Waals surface area contributed by atoms with Crippen LogP contribution in [0.4, 0.5) is 10.6 Å². The van der Waals surface area contributed by atoms with Crippen LogP contribution in [0.15, 0.2) is 71.9 Å². The van der Waals surface area contributed by atoms with Crippen LogP contribution in [0, 0.1) is 11.8 Å². The SMILES string of the molecule is CC(C)(C)OC(=O)N1C[C@@H](CCCNc2cc(OCc3ccccc3)cc(S(=O)(=O)NC(=O)c3ccc(-n4ccc(OCCC5CCCC5)n4)nc3Cl)n2)CC1(C)C. The van der Waals surface area contributed by atoms with Crippen molar-refractivity contribution in [3.05, 3.63) is 83.1 Å². The summed E-state index contributed by atoms with van der Waals surface area (Å²) in [6.45, 7) is 11.5. The van der Waals surface area contributed by atoms with Gasteiger partial charge in [0.25, 0.3) is 15.9 Å². The van der Waals surface area contributed by atoms with Gasteiger partial charge in [-0.05, 0) is 89.8 Å². The minimum Gasteiger partial charge on any atom is -0.489 e. The normalized spacial score (nSPS) is 16.9. The van der Waals surface area contributed by atoms with Crippen LogP contribution in [0.5, 0.6) is 11.6 Å². The summed E-state index contributed by atoms with van der Waals surface area (Å²) in [7, 11) is -4.51. The number of aromatic nitrogens is 4. The third-order valence-corrected chi connectivity index (χ3v) is 11.8. The zero-order chi connectivity index (χ0) is 41.5. The van der Waals surface area contributed by atoms with Crippen molar-refractivity contribution < 1.29 is 32.2 Å². The van der Waals surface area contributed by atoms with E-state index in [1.54, 1.807) is 23.2 Å². The van der Waals surface area contributed by atoms with Gasteiger partial charge in [-0.2, -0.15) is 8.42 Å². The second-order valence-corrected chi connectivity index (χ2v) is 18.7. The molecule has 4 heterocycles. The molecule has 16 heteroatoms. The first-order valence-corrected chi connectivity index (χ1v) is 21.8. The number of halogens is 1. The Morgan fingerprint density at radius 1 is 0.966 bits per heavy atom. The third-order valence-electron chi connectivity index (χ3n) is 10.3. The van der Waals surface area contributed by atoms with E-state index in [2.05, 4.69) is 25.1 Å². The number of hydrogen-bond donors (Lipinski definition) is 2. The number of sulfonamides is 1. The monoisotopic (exact) mass is 835 g/mol. The number of likely N-dealkylation sites (tertiary alicyclic amines) is 1. The lowest BCUT2D eigenvalue weighted by atomic mass is 9.93. The van der Waals surface area contributed by atoms with Crippen molar-refractivity contribution in [3.63, 3.8) is 0 Å². The third kappa shape index (κ3) is 11.6. The van der Waals surface area contributed by atoms with Gasteiger partial charge in [-0.25, -0.2) is 24.2 Å². The molecule has 1 saturated carbocycles. The van der Waals surface area contributed by atoms with Gasteiger partial charge in [0, 0.05) is 43.0 Å². The Morgan fingerprint density at radius 2 is 1.72 bits per heavy atom. The number of nitrogens with one attached hydrogen (secondary N) is 2. The lowest BCUT2D eigenvalue weighted by Crippen LogP contribution is -2.45. The molecular formula is C42H54ClN7O7S. The molecule has 2 N–H and O–H groups in total. The highest BCUT2D eigenvalue weighted by molar-refractivity contribution is 7.90.